The summed E-state index contributed by atoms with van der Waals surface area (Å²) in [6.07, 6.45) is 7.93. The highest BCUT2D eigenvalue weighted by Crippen LogP contribution is 2.19. The molecule has 0 aromatic heterocycles. The summed E-state index contributed by atoms with van der Waals surface area (Å²) in [7, 11) is 0. The van der Waals surface area contributed by atoms with Crippen molar-refractivity contribution in [3.63, 3.8) is 0 Å². The number of ether oxygens (including phenoxy) is 1. The molecule has 0 spiro atoms. The van der Waals surface area contributed by atoms with Crippen LogP contribution in [0.3, 0.4) is 0 Å². The molecule has 1 heterocycles. The van der Waals surface area contributed by atoms with Crippen molar-refractivity contribution in [2.45, 2.75) is 58.8 Å². The maximum absolute atomic E-state index is 11.8. The number of nitrogens with zero attached hydrogens (tertiary/aromatic N) is 1. The van der Waals surface area contributed by atoms with Crippen LogP contribution in [0.25, 0.3) is 0 Å². The van der Waals surface area contributed by atoms with E-state index >= 15 is 0 Å². The molecule has 106 valence electrons. The molecular weight excluding hydrogens is 226 g/mol. The molecule has 1 saturated heterocycles. The molecule has 1 unspecified atom stereocenters. The smallest absolute Gasteiger partial charge is 0.223 e. The topological polar surface area (TPSA) is 29.5 Å². The highest BCUT2D eigenvalue weighted by molar-refractivity contribution is 5.78. The summed E-state index contributed by atoms with van der Waals surface area (Å²) in [6.45, 7) is 7.85. The Labute approximate surface area is 112 Å². The van der Waals surface area contributed by atoms with Crippen LogP contribution in [0.4, 0.5) is 0 Å². The van der Waals surface area contributed by atoms with E-state index in [1.165, 1.54) is 25.7 Å². The molecule has 18 heavy (non-hydrogen) atoms. The van der Waals surface area contributed by atoms with Gasteiger partial charge in [-0.1, -0.05) is 39.5 Å². The van der Waals surface area contributed by atoms with Gasteiger partial charge < -0.3 is 9.64 Å². The number of hydrogen-bond donors (Lipinski definition) is 0. The van der Waals surface area contributed by atoms with Crippen molar-refractivity contribution in [1.29, 1.82) is 0 Å². The van der Waals surface area contributed by atoms with Crippen molar-refractivity contribution < 1.29 is 9.53 Å². The van der Waals surface area contributed by atoms with Crippen molar-refractivity contribution in [1.82, 2.24) is 4.90 Å². The van der Waals surface area contributed by atoms with E-state index in [0.29, 0.717) is 18.2 Å². The fourth-order valence-corrected chi connectivity index (χ4v) is 2.41. The van der Waals surface area contributed by atoms with Gasteiger partial charge in [0.05, 0.1) is 6.61 Å². The van der Waals surface area contributed by atoms with Crippen LogP contribution < -0.4 is 0 Å². The lowest BCUT2D eigenvalue weighted by Crippen LogP contribution is -2.26. The fraction of sp³-hybridized carbons (Fsp3) is 0.933. The minimum atomic E-state index is 0.329. The van der Waals surface area contributed by atoms with E-state index in [4.69, 9.17) is 4.74 Å². The lowest BCUT2D eigenvalue weighted by Gasteiger charge is -2.16. The molecule has 0 aromatic rings. The van der Waals surface area contributed by atoms with Gasteiger partial charge in [-0.3, -0.25) is 4.79 Å². The summed E-state index contributed by atoms with van der Waals surface area (Å²) in [4.78, 5) is 13.8. The van der Waals surface area contributed by atoms with Gasteiger partial charge in [0.25, 0.3) is 0 Å². The third kappa shape index (κ3) is 5.85. The van der Waals surface area contributed by atoms with Gasteiger partial charge in [-0.2, -0.15) is 0 Å². The Hall–Kier alpha value is -0.570. The largest absolute Gasteiger partial charge is 0.381 e. The van der Waals surface area contributed by atoms with Gasteiger partial charge in [0.2, 0.25) is 5.91 Å². The predicted octanol–water partition coefficient (Wildman–Crippen LogP) is 3.23. The number of rotatable bonds is 10. The Bertz CT molecular complexity index is 231. The first kappa shape index (κ1) is 15.5. The van der Waals surface area contributed by atoms with Crippen LogP contribution in [0, 0.1) is 5.92 Å². The second kappa shape index (κ2) is 9.37. The fourth-order valence-electron chi connectivity index (χ4n) is 2.41. The van der Waals surface area contributed by atoms with Crippen LogP contribution in [0.5, 0.6) is 0 Å². The minimum Gasteiger partial charge on any atom is -0.381 e. The Morgan fingerprint density at radius 2 is 1.94 bits per heavy atom. The molecule has 1 amide bonds. The first-order valence-electron chi connectivity index (χ1n) is 7.63. The molecule has 0 aromatic carbocycles. The summed E-state index contributed by atoms with van der Waals surface area (Å²) in [5.74, 6) is 0.760. The van der Waals surface area contributed by atoms with Gasteiger partial charge >= 0.3 is 0 Å². The average Bonchev–Trinajstić information content (AvgIpc) is 2.71. The SMILES string of the molecule is CCCCCCN1CC(COCCCC)CC1=O. The average molecular weight is 255 g/mol. The molecule has 1 aliphatic heterocycles. The number of carbonyl (C=O) groups excluding carboxylic acids is 1. The van der Waals surface area contributed by atoms with Gasteiger partial charge in [-0.05, 0) is 12.8 Å². The zero-order valence-corrected chi connectivity index (χ0v) is 12.1. The standard InChI is InChI=1S/C15H29NO2/c1-3-5-7-8-9-16-12-14(11-15(16)17)13-18-10-6-4-2/h14H,3-13H2,1-2H3. The Balaban J connectivity index is 2.10. The van der Waals surface area contributed by atoms with E-state index < -0.39 is 0 Å². The number of unbranched alkanes of at least 4 members (excludes halogenated alkanes) is 4. The van der Waals surface area contributed by atoms with Crippen LogP contribution in [0.2, 0.25) is 0 Å². The summed E-state index contributed by atoms with van der Waals surface area (Å²) in [6, 6.07) is 0. The zero-order valence-electron chi connectivity index (χ0n) is 12.1. The van der Waals surface area contributed by atoms with E-state index in [9.17, 15) is 4.79 Å². The summed E-state index contributed by atoms with van der Waals surface area (Å²) in [5.41, 5.74) is 0. The molecule has 1 fully saturated rings. The summed E-state index contributed by atoms with van der Waals surface area (Å²) >= 11 is 0. The molecule has 0 bridgehead atoms. The van der Waals surface area contributed by atoms with Crippen molar-refractivity contribution in [2.75, 3.05) is 26.3 Å². The molecule has 0 N–H and O–H groups in total. The lowest BCUT2D eigenvalue weighted by atomic mass is 10.1. The first-order chi connectivity index (χ1) is 8.77. The molecule has 3 nitrogen and oxygen atoms in total. The molecule has 0 radical (unpaired) electrons. The number of hydrogen-bond acceptors (Lipinski definition) is 2. The van der Waals surface area contributed by atoms with Crippen LogP contribution in [-0.2, 0) is 9.53 Å². The molecule has 1 atom stereocenters. The second-order valence-corrected chi connectivity index (χ2v) is 5.40. The minimum absolute atomic E-state index is 0.329. The van der Waals surface area contributed by atoms with Crippen molar-refractivity contribution in [3.05, 3.63) is 0 Å². The van der Waals surface area contributed by atoms with E-state index in [1.54, 1.807) is 0 Å². The number of likely N-dealkylation sites (tertiary alicyclic amines) is 1. The second-order valence-electron chi connectivity index (χ2n) is 5.40. The lowest BCUT2D eigenvalue weighted by molar-refractivity contribution is -0.127. The normalized spacial score (nSPS) is 19.8. The molecule has 1 aliphatic rings. The Kier molecular flexibility index (Phi) is 8.06. The van der Waals surface area contributed by atoms with Crippen LogP contribution in [-0.4, -0.2) is 37.1 Å². The van der Waals surface area contributed by atoms with Crippen LogP contribution in [0.15, 0.2) is 0 Å². The molecule has 0 saturated carbocycles. The van der Waals surface area contributed by atoms with Gasteiger partial charge in [-0.15, -0.1) is 0 Å². The van der Waals surface area contributed by atoms with E-state index in [2.05, 4.69) is 13.8 Å². The molecular formula is C15H29NO2. The zero-order chi connectivity index (χ0) is 13.2. The van der Waals surface area contributed by atoms with Crippen LogP contribution in [0.1, 0.15) is 58.8 Å². The quantitative estimate of drug-likeness (QED) is 0.561. The summed E-state index contributed by atoms with van der Waals surface area (Å²) < 4.78 is 5.62. The van der Waals surface area contributed by atoms with Crippen molar-refractivity contribution in [2.24, 2.45) is 5.92 Å². The highest BCUT2D eigenvalue weighted by Gasteiger charge is 2.28. The maximum Gasteiger partial charge on any atom is 0.223 e. The molecule has 3 heteroatoms. The van der Waals surface area contributed by atoms with Gasteiger partial charge in [-0.25, -0.2) is 0 Å². The van der Waals surface area contributed by atoms with E-state index in [0.717, 1.165) is 39.1 Å². The van der Waals surface area contributed by atoms with Gasteiger partial charge in [0, 0.05) is 32.0 Å². The molecule has 0 aliphatic carbocycles. The van der Waals surface area contributed by atoms with Crippen molar-refractivity contribution >= 4 is 5.91 Å². The molecule has 1 rings (SSSR count). The van der Waals surface area contributed by atoms with E-state index in [1.807, 2.05) is 4.90 Å². The summed E-state index contributed by atoms with van der Waals surface area (Å²) in [5, 5.41) is 0. The maximum atomic E-state index is 11.8. The predicted molar refractivity (Wildman–Crippen MR) is 74.6 cm³/mol. The Morgan fingerprint density at radius 3 is 2.67 bits per heavy atom. The van der Waals surface area contributed by atoms with Gasteiger partial charge in [0.1, 0.15) is 0 Å². The Morgan fingerprint density at radius 1 is 1.17 bits per heavy atom. The first-order valence-corrected chi connectivity index (χ1v) is 7.63. The van der Waals surface area contributed by atoms with Crippen LogP contribution >= 0.6 is 0 Å². The third-order valence-electron chi connectivity index (χ3n) is 3.57. The monoisotopic (exact) mass is 255 g/mol. The third-order valence-corrected chi connectivity index (χ3v) is 3.57. The number of amides is 1. The van der Waals surface area contributed by atoms with Crippen molar-refractivity contribution in [3.8, 4) is 0 Å². The number of carbonyl (C=O) groups is 1. The van der Waals surface area contributed by atoms with Gasteiger partial charge in [0.15, 0.2) is 0 Å². The highest BCUT2D eigenvalue weighted by atomic mass is 16.5. The van der Waals surface area contributed by atoms with E-state index in [-0.39, 0.29) is 0 Å².